The van der Waals surface area contributed by atoms with E-state index in [1.807, 2.05) is 12.3 Å². The van der Waals surface area contributed by atoms with E-state index >= 15 is 0 Å². The molecule has 3 nitrogen and oxygen atoms in total. The Kier molecular flexibility index (Phi) is 4.48. The van der Waals surface area contributed by atoms with E-state index in [0.29, 0.717) is 0 Å². The summed E-state index contributed by atoms with van der Waals surface area (Å²) in [6.45, 7) is 3.53. The highest BCUT2D eigenvalue weighted by molar-refractivity contribution is 6.30. The molecule has 1 atom stereocenters. The van der Waals surface area contributed by atoms with Gasteiger partial charge in [-0.1, -0.05) is 23.7 Å². The first-order chi connectivity index (χ1) is 10.2. The molecule has 1 aromatic carbocycles. The van der Waals surface area contributed by atoms with Crippen LogP contribution in [0.4, 0.5) is 4.39 Å². The summed E-state index contributed by atoms with van der Waals surface area (Å²) in [7, 11) is 0. The van der Waals surface area contributed by atoms with Gasteiger partial charge in [0.2, 0.25) is 0 Å². The predicted octanol–water partition coefficient (Wildman–Crippen LogP) is 3.02. The number of piperazine rings is 1. The maximum atomic E-state index is 13.3. The van der Waals surface area contributed by atoms with Gasteiger partial charge in [-0.3, -0.25) is 9.88 Å². The number of rotatable bonds is 3. The van der Waals surface area contributed by atoms with Gasteiger partial charge in [0.05, 0.1) is 5.02 Å². The van der Waals surface area contributed by atoms with Crippen molar-refractivity contribution in [3.8, 4) is 0 Å². The van der Waals surface area contributed by atoms with E-state index in [2.05, 4.69) is 21.3 Å². The number of nitrogens with zero attached hydrogens (tertiary/aromatic N) is 2. The number of nitrogens with one attached hydrogen (secondary N) is 1. The van der Waals surface area contributed by atoms with E-state index in [1.54, 1.807) is 18.3 Å². The number of hydrogen-bond acceptors (Lipinski definition) is 3. The Morgan fingerprint density at radius 1 is 1.38 bits per heavy atom. The SMILES string of the molecule is Fc1ccc(CN2CCNCC2c2cccnc2)cc1Cl. The first-order valence-corrected chi connectivity index (χ1v) is 7.40. The van der Waals surface area contributed by atoms with E-state index in [4.69, 9.17) is 11.6 Å². The Bertz CT molecular complexity index is 606. The molecule has 0 radical (unpaired) electrons. The molecular formula is C16H17ClFN3. The highest BCUT2D eigenvalue weighted by Gasteiger charge is 2.24. The van der Waals surface area contributed by atoms with E-state index in [1.165, 1.54) is 11.6 Å². The summed E-state index contributed by atoms with van der Waals surface area (Å²) in [5.41, 5.74) is 2.22. The van der Waals surface area contributed by atoms with Gasteiger partial charge in [0.1, 0.15) is 5.82 Å². The molecule has 1 N–H and O–H groups in total. The van der Waals surface area contributed by atoms with Gasteiger partial charge in [-0.15, -0.1) is 0 Å². The Balaban J connectivity index is 1.79. The highest BCUT2D eigenvalue weighted by atomic mass is 35.5. The first kappa shape index (κ1) is 14.4. The standard InChI is InChI=1S/C16H17ClFN3/c17-14-8-12(3-4-15(14)18)11-21-7-6-20-10-16(21)13-2-1-5-19-9-13/h1-5,8-9,16,20H,6-7,10-11H2. The monoisotopic (exact) mass is 305 g/mol. The minimum absolute atomic E-state index is 0.181. The lowest BCUT2D eigenvalue weighted by atomic mass is 10.0. The molecule has 5 heteroatoms. The fraction of sp³-hybridized carbons (Fsp3) is 0.312. The van der Waals surface area contributed by atoms with Crippen molar-refractivity contribution in [1.29, 1.82) is 0 Å². The quantitative estimate of drug-likeness (QED) is 0.945. The summed E-state index contributed by atoms with van der Waals surface area (Å²) >= 11 is 5.87. The topological polar surface area (TPSA) is 28.2 Å². The number of benzene rings is 1. The van der Waals surface area contributed by atoms with Crippen molar-refractivity contribution in [1.82, 2.24) is 15.2 Å². The van der Waals surface area contributed by atoms with Crippen LogP contribution in [0.25, 0.3) is 0 Å². The summed E-state index contributed by atoms with van der Waals surface area (Å²) in [6.07, 6.45) is 3.69. The molecule has 1 aromatic heterocycles. The molecule has 110 valence electrons. The van der Waals surface area contributed by atoms with E-state index in [9.17, 15) is 4.39 Å². The number of aromatic nitrogens is 1. The van der Waals surface area contributed by atoms with E-state index in [-0.39, 0.29) is 16.9 Å². The van der Waals surface area contributed by atoms with Gasteiger partial charge in [0.15, 0.2) is 0 Å². The van der Waals surface area contributed by atoms with Crippen molar-refractivity contribution in [3.63, 3.8) is 0 Å². The van der Waals surface area contributed by atoms with Crippen molar-refractivity contribution in [2.45, 2.75) is 12.6 Å². The molecule has 1 aliphatic heterocycles. The lowest BCUT2D eigenvalue weighted by molar-refractivity contribution is 0.153. The second kappa shape index (κ2) is 6.52. The third kappa shape index (κ3) is 3.40. The molecule has 0 saturated carbocycles. The van der Waals surface area contributed by atoms with Crippen molar-refractivity contribution in [2.24, 2.45) is 0 Å². The third-order valence-corrected chi connectivity index (χ3v) is 4.08. The van der Waals surface area contributed by atoms with Crippen LogP contribution in [0.2, 0.25) is 5.02 Å². The fourth-order valence-electron chi connectivity index (χ4n) is 2.71. The molecule has 1 fully saturated rings. The molecule has 2 aromatic rings. The second-order valence-electron chi connectivity index (χ2n) is 5.23. The van der Waals surface area contributed by atoms with Gasteiger partial charge in [0, 0.05) is 44.6 Å². The molecule has 0 bridgehead atoms. The minimum atomic E-state index is -0.371. The highest BCUT2D eigenvalue weighted by Crippen LogP contribution is 2.25. The van der Waals surface area contributed by atoms with Gasteiger partial charge >= 0.3 is 0 Å². The lowest BCUT2D eigenvalue weighted by Gasteiger charge is -2.36. The summed E-state index contributed by atoms with van der Waals surface area (Å²) in [4.78, 5) is 6.57. The maximum Gasteiger partial charge on any atom is 0.141 e. The molecule has 1 unspecified atom stereocenters. The van der Waals surface area contributed by atoms with Gasteiger partial charge in [0.25, 0.3) is 0 Å². The normalized spacial score (nSPS) is 19.6. The fourth-order valence-corrected chi connectivity index (χ4v) is 2.91. The molecule has 3 rings (SSSR count). The molecule has 0 spiro atoms. The van der Waals surface area contributed by atoms with Crippen LogP contribution in [0, 0.1) is 5.82 Å². The van der Waals surface area contributed by atoms with Crippen molar-refractivity contribution in [3.05, 3.63) is 64.7 Å². The van der Waals surface area contributed by atoms with Crippen molar-refractivity contribution in [2.75, 3.05) is 19.6 Å². The molecule has 0 amide bonds. The molecular weight excluding hydrogens is 289 g/mol. The molecule has 21 heavy (non-hydrogen) atoms. The predicted molar refractivity (Wildman–Crippen MR) is 81.7 cm³/mol. The Hall–Kier alpha value is -1.49. The zero-order chi connectivity index (χ0) is 14.7. The summed E-state index contributed by atoms with van der Waals surface area (Å²) in [5, 5.41) is 3.60. The summed E-state index contributed by atoms with van der Waals surface area (Å²) in [6, 6.07) is 9.25. The number of pyridine rings is 1. The average molecular weight is 306 g/mol. The van der Waals surface area contributed by atoms with Crippen LogP contribution in [0.5, 0.6) is 0 Å². The summed E-state index contributed by atoms with van der Waals surface area (Å²) in [5.74, 6) is -0.371. The smallest absolute Gasteiger partial charge is 0.141 e. The molecule has 1 aliphatic rings. The van der Waals surface area contributed by atoms with Crippen LogP contribution < -0.4 is 5.32 Å². The minimum Gasteiger partial charge on any atom is -0.314 e. The van der Waals surface area contributed by atoms with Gasteiger partial charge in [-0.2, -0.15) is 0 Å². The average Bonchev–Trinajstić information content (AvgIpc) is 2.52. The largest absolute Gasteiger partial charge is 0.314 e. The van der Waals surface area contributed by atoms with E-state index in [0.717, 1.165) is 31.7 Å². The van der Waals surface area contributed by atoms with E-state index < -0.39 is 0 Å². The second-order valence-corrected chi connectivity index (χ2v) is 5.63. The van der Waals surface area contributed by atoms with Crippen LogP contribution in [0.3, 0.4) is 0 Å². The molecule has 1 saturated heterocycles. The van der Waals surface area contributed by atoms with Crippen LogP contribution in [0.15, 0.2) is 42.7 Å². The third-order valence-electron chi connectivity index (χ3n) is 3.79. The van der Waals surface area contributed by atoms with Crippen LogP contribution in [-0.4, -0.2) is 29.5 Å². The maximum absolute atomic E-state index is 13.3. The number of halogens is 2. The molecule has 0 aliphatic carbocycles. The van der Waals surface area contributed by atoms with Gasteiger partial charge in [-0.05, 0) is 29.3 Å². The lowest BCUT2D eigenvalue weighted by Crippen LogP contribution is -2.45. The Labute approximate surface area is 128 Å². The van der Waals surface area contributed by atoms with Crippen LogP contribution in [0.1, 0.15) is 17.2 Å². The van der Waals surface area contributed by atoms with Gasteiger partial charge < -0.3 is 5.32 Å². The summed E-state index contributed by atoms with van der Waals surface area (Å²) < 4.78 is 13.3. The number of hydrogen-bond donors (Lipinski definition) is 1. The first-order valence-electron chi connectivity index (χ1n) is 7.02. The zero-order valence-corrected chi connectivity index (χ0v) is 12.4. The Morgan fingerprint density at radius 3 is 3.05 bits per heavy atom. The Morgan fingerprint density at radius 2 is 2.29 bits per heavy atom. The van der Waals surface area contributed by atoms with Crippen molar-refractivity contribution < 1.29 is 4.39 Å². The zero-order valence-electron chi connectivity index (χ0n) is 11.6. The molecule has 2 heterocycles. The van der Waals surface area contributed by atoms with Crippen LogP contribution in [-0.2, 0) is 6.54 Å². The van der Waals surface area contributed by atoms with Gasteiger partial charge in [-0.25, -0.2) is 4.39 Å². The van der Waals surface area contributed by atoms with Crippen LogP contribution >= 0.6 is 11.6 Å². The van der Waals surface area contributed by atoms with Crippen molar-refractivity contribution >= 4 is 11.6 Å².